The molecule has 1 aromatic heterocycles. The number of thioether (sulfide) groups is 1. The fourth-order valence-electron chi connectivity index (χ4n) is 2.48. The Morgan fingerprint density at radius 2 is 2.04 bits per heavy atom. The van der Waals surface area contributed by atoms with Gasteiger partial charge in [0.2, 0.25) is 5.91 Å². The molecule has 2 aromatic carbocycles. The molecule has 0 aliphatic rings. The van der Waals surface area contributed by atoms with Crippen LogP contribution < -0.4 is 10.2 Å². The molecule has 3 aromatic rings. The molecule has 0 bridgehead atoms. The third-order valence-corrected chi connectivity index (χ3v) is 5.33. The van der Waals surface area contributed by atoms with Crippen LogP contribution in [0.25, 0.3) is 10.9 Å². The third-order valence-electron chi connectivity index (χ3n) is 4.02. The molecule has 1 N–H and O–H groups in total. The molecular weight excluding hydrogens is 394 g/mol. The van der Waals surface area contributed by atoms with Crippen molar-refractivity contribution < 1.29 is 9.53 Å². The summed E-state index contributed by atoms with van der Waals surface area (Å²) in [4.78, 5) is 17.4. The zero-order valence-corrected chi connectivity index (χ0v) is 17.2. The quantitative estimate of drug-likeness (QED) is 0.260. The van der Waals surface area contributed by atoms with Gasteiger partial charge in [0.15, 0.2) is 0 Å². The molecule has 0 atom stereocenters. The summed E-state index contributed by atoms with van der Waals surface area (Å²) < 4.78 is 5.19. The normalized spacial score (nSPS) is 11.1. The van der Waals surface area contributed by atoms with Gasteiger partial charge < -0.3 is 4.74 Å². The number of benzene rings is 2. The number of carbonyl (C=O) groups is 1. The average molecular weight is 414 g/mol. The second kappa shape index (κ2) is 9.57. The van der Waals surface area contributed by atoms with Crippen LogP contribution in [0.3, 0.4) is 0 Å². The molecule has 3 rings (SSSR count). The molecule has 7 heteroatoms. The lowest BCUT2D eigenvalue weighted by Crippen LogP contribution is -2.17. The van der Waals surface area contributed by atoms with Gasteiger partial charge in [-0.05, 0) is 37.3 Å². The van der Waals surface area contributed by atoms with Gasteiger partial charge in [0.05, 0.1) is 18.8 Å². The van der Waals surface area contributed by atoms with Crippen molar-refractivity contribution in [2.75, 3.05) is 12.9 Å². The highest BCUT2D eigenvalue weighted by molar-refractivity contribution is 7.99. The van der Waals surface area contributed by atoms with Gasteiger partial charge in [0.25, 0.3) is 0 Å². The highest BCUT2D eigenvalue weighted by atomic mass is 35.5. The van der Waals surface area contributed by atoms with Crippen LogP contribution >= 0.6 is 23.4 Å². The lowest BCUT2D eigenvalue weighted by molar-refractivity contribution is -0.120. The number of nitrogens with one attached hydrogen (secondary N) is 1. The summed E-state index contributed by atoms with van der Waals surface area (Å²) in [6.45, 7) is 2.05. The monoisotopic (exact) mass is 413 g/mol. The van der Waals surface area contributed by atoms with Crippen LogP contribution in [0.2, 0.25) is 5.15 Å². The first-order chi connectivity index (χ1) is 13.5. The van der Waals surface area contributed by atoms with E-state index in [4.69, 9.17) is 16.3 Å². The maximum absolute atomic E-state index is 11.9. The fourth-order valence-corrected chi connectivity index (χ4v) is 3.53. The lowest BCUT2D eigenvalue weighted by atomic mass is 10.1. The predicted octanol–water partition coefficient (Wildman–Crippen LogP) is 4.84. The van der Waals surface area contributed by atoms with Gasteiger partial charge >= 0.3 is 0 Å². The number of hydrogen-bond donors (Lipinski definition) is 1. The third kappa shape index (κ3) is 5.47. The van der Waals surface area contributed by atoms with Crippen molar-refractivity contribution in [3.63, 3.8) is 0 Å². The van der Waals surface area contributed by atoms with Crippen LogP contribution in [0.4, 0.5) is 0 Å². The number of aryl methyl sites for hydroxylation is 1. The maximum atomic E-state index is 11.9. The van der Waals surface area contributed by atoms with Crippen molar-refractivity contribution in [2.24, 2.45) is 5.10 Å². The van der Waals surface area contributed by atoms with Gasteiger partial charge in [0.1, 0.15) is 10.9 Å². The van der Waals surface area contributed by atoms with Crippen molar-refractivity contribution in [1.82, 2.24) is 10.4 Å². The number of nitrogens with zero attached hydrogens (tertiary/aromatic N) is 2. The van der Waals surface area contributed by atoms with Gasteiger partial charge in [-0.15, -0.1) is 11.8 Å². The summed E-state index contributed by atoms with van der Waals surface area (Å²) >= 11 is 7.86. The summed E-state index contributed by atoms with van der Waals surface area (Å²) in [5, 5.41) is 5.22. The standard InChI is InChI=1S/C21H20ClN3O2S/c1-14-3-7-18(8-4-14)28-10-9-20(26)25-23-13-16-11-15-5-6-17(27-2)12-19(15)24-21(16)22/h3-8,11-13H,9-10H2,1-2H3,(H,25,26)/b23-13-. The number of hydrogen-bond acceptors (Lipinski definition) is 5. The SMILES string of the molecule is COc1ccc2cc(/C=N\NC(=O)CCSc3ccc(C)cc3)c(Cl)nc2c1. The molecule has 0 radical (unpaired) electrons. The summed E-state index contributed by atoms with van der Waals surface area (Å²) in [5.74, 6) is 1.25. The highest BCUT2D eigenvalue weighted by Gasteiger charge is 2.05. The summed E-state index contributed by atoms with van der Waals surface area (Å²) in [5.41, 5.74) is 5.12. The molecule has 5 nitrogen and oxygen atoms in total. The van der Waals surface area contributed by atoms with E-state index in [0.29, 0.717) is 28.6 Å². The topological polar surface area (TPSA) is 63.6 Å². The number of hydrazone groups is 1. The Balaban J connectivity index is 1.54. The average Bonchev–Trinajstić information content (AvgIpc) is 2.69. The van der Waals surface area contributed by atoms with E-state index in [2.05, 4.69) is 39.8 Å². The van der Waals surface area contributed by atoms with Crippen LogP contribution in [0.5, 0.6) is 5.75 Å². The Morgan fingerprint density at radius 1 is 1.25 bits per heavy atom. The molecule has 1 heterocycles. The minimum atomic E-state index is -0.148. The molecule has 1 amide bonds. The Labute approximate surface area is 173 Å². The van der Waals surface area contributed by atoms with Gasteiger partial charge in [-0.1, -0.05) is 29.3 Å². The Bertz CT molecular complexity index is 1010. The first kappa shape index (κ1) is 20.2. The minimum absolute atomic E-state index is 0.148. The largest absolute Gasteiger partial charge is 0.497 e. The van der Waals surface area contributed by atoms with Crippen LogP contribution in [-0.2, 0) is 4.79 Å². The molecule has 0 unspecified atom stereocenters. The smallest absolute Gasteiger partial charge is 0.240 e. The number of ether oxygens (including phenoxy) is 1. The van der Waals surface area contributed by atoms with Crippen molar-refractivity contribution in [3.8, 4) is 5.75 Å². The number of pyridine rings is 1. The molecular formula is C21H20ClN3O2S. The van der Waals surface area contributed by atoms with Crippen molar-refractivity contribution >= 4 is 46.4 Å². The second-order valence-corrected chi connectivity index (χ2v) is 7.66. The van der Waals surface area contributed by atoms with E-state index in [1.165, 1.54) is 11.8 Å². The first-order valence-electron chi connectivity index (χ1n) is 8.71. The van der Waals surface area contributed by atoms with Crippen molar-refractivity contribution in [1.29, 1.82) is 0 Å². The molecule has 28 heavy (non-hydrogen) atoms. The van der Waals surface area contributed by atoms with E-state index in [9.17, 15) is 4.79 Å². The fraction of sp³-hybridized carbons (Fsp3) is 0.190. The summed E-state index contributed by atoms with van der Waals surface area (Å²) in [7, 11) is 1.60. The first-order valence-corrected chi connectivity index (χ1v) is 10.1. The molecule has 0 spiro atoms. The number of aromatic nitrogens is 1. The van der Waals surface area contributed by atoms with Gasteiger partial charge in [0, 0.05) is 34.1 Å². The van der Waals surface area contributed by atoms with Gasteiger partial charge in [-0.2, -0.15) is 5.10 Å². The molecule has 0 fully saturated rings. The Hall–Kier alpha value is -2.57. The summed E-state index contributed by atoms with van der Waals surface area (Å²) in [6.07, 6.45) is 1.88. The van der Waals surface area contributed by atoms with E-state index in [1.54, 1.807) is 18.9 Å². The zero-order valence-electron chi connectivity index (χ0n) is 15.6. The van der Waals surface area contributed by atoms with E-state index in [1.807, 2.05) is 31.2 Å². The number of carbonyl (C=O) groups excluding carboxylic acids is 1. The molecule has 0 aliphatic heterocycles. The van der Waals surface area contributed by atoms with E-state index < -0.39 is 0 Å². The molecule has 0 aliphatic carbocycles. The Kier molecular flexibility index (Phi) is 6.90. The van der Waals surface area contributed by atoms with Gasteiger partial charge in [-0.3, -0.25) is 4.79 Å². The van der Waals surface area contributed by atoms with Crippen LogP contribution in [-0.4, -0.2) is 30.0 Å². The maximum Gasteiger partial charge on any atom is 0.240 e. The molecule has 144 valence electrons. The van der Waals surface area contributed by atoms with E-state index in [0.717, 1.165) is 15.8 Å². The van der Waals surface area contributed by atoms with E-state index >= 15 is 0 Å². The molecule has 0 saturated heterocycles. The molecule has 0 saturated carbocycles. The van der Waals surface area contributed by atoms with Crippen LogP contribution in [0.1, 0.15) is 17.5 Å². The number of amides is 1. The lowest BCUT2D eigenvalue weighted by Gasteiger charge is -2.05. The number of fused-ring (bicyclic) bond motifs is 1. The van der Waals surface area contributed by atoms with Crippen molar-refractivity contribution in [3.05, 3.63) is 64.8 Å². The highest BCUT2D eigenvalue weighted by Crippen LogP contribution is 2.23. The number of halogens is 1. The zero-order chi connectivity index (χ0) is 19.9. The van der Waals surface area contributed by atoms with E-state index in [-0.39, 0.29) is 5.91 Å². The predicted molar refractivity (Wildman–Crippen MR) is 116 cm³/mol. The number of rotatable bonds is 7. The van der Waals surface area contributed by atoms with Gasteiger partial charge in [-0.25, -0.2) is 10.4 Å². The second-order valence-electron chi connectivity index (χ2n) is 6.13. The minimum Gasteiger partial charge on any atom is -0.497 e. The van der Waals surface area contributed by atoms with Crippen LogP contribution in [0.15, 0.2) is 58.5 Å². The van der Waals surface area contributed by atoms with Crippen LogP contribution in [0, 0.1) is 6.92 Å². The summed E-state index contributed by atoms with van der Waals surface area (Å²) in [6, 6.07) is 15.7. The number of methoxy groups -OCH3 is 1. The van der Waals surface area contributed by atoms with Crippen molar-refractivity contribution in [2.45, 2.75) is 18.2 Å². The Morgan fingerprint density at radius 3 is 2.79 bits per heavy atom.